The molecular weight excluding hydrogens is 530 g/mol. The van der Waals surface area contributed by atoms with Crippen LogP contribution in [0, 0.1) is 24.0 Å². The number of benzene rings is 2. The van der Waals surface area contributed by atoms with Gasteiger partial charge in [-0.3, -0.25) is 15.1 Å². The number of hydrogen-bond acceptors (Lipinski definition) is 7. The summed E-state index contributed by atoms with van der Waals surface area (Å²) in [5, 5.41) is 15.6. The molecule has 11 heteroatoms. The van der Waals surface area contributed by atoms with Crippen molar-refractivity contribution < 1.29 is 19.1 Å². The van der Waals surface area contributed by atoms with Gasteiger partial charge in [-0.2, -0.15) is 0 Å². The van der Waals surface area contributed by atoms with E-state index in [2.05, 4.69) is 16.4 Å². The van der Waals surface area contributed by atoms with E-state index in [0.29, 0.717) is 28.0 Å². The van der Waals surface area contributed by atoms with Crippen LogP contribution < -0.4 is 24.4 Å². The van der Waals surface area contributed by atoms with E-state index in [1.165, 1.54) is 12.1 Å². The molecule has 5 rings (SSSR count). The summed E-state index contributed by atoms with van der Waals surface area (Å²) in [6, 6.07) is 17.4. The molecule has 4 aromatic rings. The van der Waals surface area contributed by atoms with Gasteiger partial charge >= 0.3 is 0 Å². The van der Waals surface area contributed by atoms with Gasteiger partial charge in [0.25, 0.3) is 5.69 Å². The second kappa shape index (κ2) is 10.9. The first kappa shape index (κ1) is 26.9. The maximum atomic E-state index is 11.6. The number of nitro groups is 1. The van der Waals surface area contributed by atoms with Crippen molar-refractivity contribution in [1.29, 1.82) is 0 Å². The summed E-state index contributed by atoms with van der Waals surface area (Å²) in [6.07, 6.45) is 1.75. The zero-order valence-electron chi connectivity index (χ0n) is 22.7. The van der Waals surface area contributed by atoms with E-state index in [0.717, 1.165) is 28.3 Å². The van der Waals surface area contributed by atoms with E-state index in [4.69, 9.17) is 26.4 Å². The van der Waals surface area contributed by atoms with Crippen molar-refractivity contribution in [3.63, 3.8) is 0 Å². The Bertz CT molecular complexity index is 1590. The van der Waals surface area contributed by atoms with Crippen LogP contribution in [-0.2, 0) is 0 Å². The molecule has 2 unspecified atom stereocenters. The molecule has 1 N–H and O–H groups in total. The largest absolute Gasteiger partial charge is 0.497 e. The molecule has 1 aliphatic rings. The van der Waals surface area contributed by atoms with Gasteiger partial charge < -0.3 is 29.0 Å². The molecule has 2 aromatic carbocycles. The SMILES string of the molecule is COc1ccc(OC)c(N2C(=S)NC(c3ccccn3)C2c2cc(C)n(-c3cc([N+](=O)[O-])ccc3OC)c2C)c1. The minimum atomic E-state index is -0.411. The van der Waals surface area contributed by atoms with E-state index in [1.54, 1.807) is 33.6 Å². The lowest BCUT2D eigenvalue weighted by Crippen LogP contribution is -2.30. The molecule has 206 valence electrons. The zero-order valence-corrected chi connectivity index (χ0v) is 23.6. The number of rotatable bonds is 8. The summed E-state index contributed by atoms with van der Waals surface area (Å²) in [5.74, 6) is 1.81. The maximum Gasteiger partial charge on any atom is 0.271 e. The Balaban J connectivity index is 1.74. The van der Waals surface area contributed by atoms with Crippen molar-refractivity contribution >= 4 is 28.7 Å². The summed E-state index contributed by atoms with van der Waals surface area (Å²) < 4.78 is 18.8. The topological polar surface area (TPSA) is 104 Å². The fourth-order valence-corrected chi connectivity index (χ4v) is 5.68. The molecule has 10 nitrogen and oxygen atoms in total. The number of nitrogens with zero attached hydrogens (tertiary/aromatic N) is 4. The van der Waals surface area contributed by atoms with Crippen molar-refractivity contribution in [2.75, 3.05) is 26.2 Å². The number of ether oxygens (including phenoxy) is 3. The van der Waals surface area contributed by atoms with Crippen LogP contribution in [0.5, 0.6) is 17.2 Å². The van der Waals surface area contributed by atoms with Crippen molar-refractivity contribution in [2.45, 2.75) is 25.9 Å². The van der Waals surface area contributed by atoms with Crippen LogP contribution in [-0.4, -0.2) is 40.9 Å². The Labute approximate surface area is 237 Å². The second-order valence-electron chi connectivity index (χ2n) is 9.31. The Morgan fingerprint density at radius 3 is 2.33 bits per heavy atom. The average molecular weight is 560 g/mol. The smallest absolute Gasteiger partial charge is 0.271 e. The Morgan fingerprint density at radius 1 is 0.950 bits per heavy atom. The summed E-state index contributed by atoms with van der Waals surface area (Å²) in [6.45, 7) is 3.94. The normalized spacial score (nSPS) is 16.5. The van der Waals surface area contributed by atoms with Gasteiger partial charge in [-0.05, 0) is 68.0 Å². The number of nitrogens with one attached hydrogen (secondary N) is 1. The molecule has 0 saturated carbocycles. The fourth-order valence-electron chi connectivity index (χ4n) is 5.34. The maximum absolute atomic E-state index is 11.6. The highest BCUT2D eigenvalue weighted by Gasteiger charge is 2.43. The van der Waals surface area contributed by atoms with Gasteiger partial charge in [0, 0.05) is 35.8 Å². The minimum absolute atomic E-state index is 0.0253. The lowest BCUT2D eigenvalue weighted by atomic mass is 9.96. The Morgan fingerprint density at radius 2 is 1.68 bits per heavy atom. The summed E-state index contributed by atoms with van der Waals surface area (Å²) in [7, 11) is 4.77. The van der Waals surface area contributed by atoms with Crippen LogP contribution in [0.3, 0.4) is 0 Å². The van der Waals surface area contributed by atoms with E-state index < -0.39 is 4.92 Å². The number of anilines is 1. The lowest BCUT2D eigenvalue weighted by molar-refractivity contribution is -0.384. The van der Waals surface area contributed by atoms with Crippen LogP contribution in [0.25, 0.3) is 5.69 Å². The summed E-state index contributed by atoms with van der Waals surface area (Å²) in [4.78, 5) is 17.9. The third-order valence-corrected chi connectivity index (χ3v) is 7.46. The average Bonchev–Trinajstić information content (AvgIpc) is 3.46. The predicted octanol–water partition coefficient (Wildman–Crippen LogP) is 5.60. The number of pyridine rings is 1. The van der Waals surface area contributed by atoms with Gasteiger partial charge in [0.05, 0.1) is 55.4 Å². The molecule has 0 aliphatic carbocycles. The van der Waals surface area contributed by atoms with Crippen molar-refractivity contribution in [1.82, 2.24) is 14.9 Å². The fraction of sp³-hybridized carbons (Fsp3) is 0.241. The van der Waals surface area contributed by atoms with Crippen molar-refractivity contribution in [3.05, 3.63) is 99.6 Å². The first-order chi connectivity index (χ1) is 19.3. The van der Waals surface area contributed by atoms with Gasteiger partial charge in [0.15, 0.2) is 5.11 Å². The molecule has 1 aliphatic heterocycles. The quantitative estimate of drug-likeness (QED) is 0.168. The van der Waals surface area contributed by atoms with Crippen LogP contribution >= 0.6 is 12.2 Å². The highest BCUT2D eigenvalue weighted by atomic mass is 32.1. The van der Waals surface area contributed by atoms with Crippen LogP contribution in [0.2, 0.25) is 0 Å². The summed E-state index contributed by atoms with van der Waals surface area (Å²) >= 11 is 5.91. The van der Waals surface area contributed by atoms with Gasteiger partial charge in [0.2, 0.25) is 0 Å². The molecule has 0 spiro atoms. The number of non-ortho nitro benzene ring substituents is 1. The zero-order chi connectivity index (χ0) is 28.6. The van der Waals surface area contributed by atoms with Crippen molar-refractivity contribution in [3.8, 4) is 22.9 Å². The van der Waals surface area contributed by atoms with Gasteiger partial charge in [-0.25, -0.2) is 0 Å². The molecule has 1 fully saturated rings. The molecule has 1 saturated heterocycles. The van der Waals surface area contributed by atoms with E-state index in [1.807, 2.05) is 59.7 Å². The van der Waals surface area contributed by atoms with Crippen LogP contribution in [0.4, 0.5) is 11.4 Å². The summed E-state index contributed by atoms with van der Waals surface area (Å²) in [5.41, 5.74) is 4.81. The third kappa shape index (κ3) is 4.58. The van der Waals surface area contributed by atoms with Gasteiger partial charge in [0.1, 0.15) is 17.2 Å². The standard InChI is InChI=1S/C29H29N5O5S/c1-17-14-21(18(2)32(17)23-15-19(34(35)36)9-11-25(23)38-4)28-27(22-8-6-7-13-30-22)31-29(40)33(28)24-16-20(37-3)10-12-26(24)39-5/h6-16,27-28H,1-5H3,(H,31,40). The third-order valence-electron chi connectivity index (χ3n) is 7.15. The van der Waals surface area contributed by atoms with Crippen LogP contribution in [0.15, 0.2) is 66.9 Å². The molecular formula is C29H29N5O5S. The minimum Gasteiger partial charge on any atom is -0.497 e. The lowest BCUT2D eigenvalue weighted by Gasteiger charge is -2.29. The highest BCUT2D eigenvalue weighted by Crippen LogP contribution is 2.47. The molecule has 0 amide bonds. The molecule has 2 aromatic heterocycles. The number of hydrogen-bond donors (Lipinski definition) is 1. The van der Waals surface area contributed by atoms with Gasteiger partial charge in [-0.15, -0.1) is 0 Å². The number of aryl methyl sites for hydroxylation is 1. The highest BCUT2D eigenvalue weighted by molar-refractivity contribution is 7.80. The molecule has 0 radical (unpaired) electrons. The van der Waals surface area contributed by atoms with E-state index >= 15 is 0 Å². The number of thiocarbonyl (C=S) groups is 1. The molecule has 3 heterocycles. The first-order valence-corrected chi connectivity index (χ1v) is 12.9. The molecule has 40 heavy (non-hydrogen) atoms. The monoisotopic (exact) mass is 559 g/mol. The van der Waals surface area contributed by atoms with Gasteiger partial charge in [-0.1, -0.05) is 6.07 Å². The van der Waals surface area contributed by atoms with E-state index in [9.17, 15) is 10.1 Å². The second-order valence-corrected chi connectivity index (χ2v) is 9.70. The van der Waals surface area contributed by atoms with Crippen molar-refractivity contribution in [2.24, 2.45) is 0 Å². The Hall–Kier alpha value is -4.64. The molecule has 2 atom stereocenters. The number of methoxy groups -OCH3 is 3. The van der Waals surface area contributed by atoms with Crippen LogP contribution in [0.1, 0.15) is 34.7 Å². The molecule has 0 bridgehead atoms. The Kier molecular flexibility index (Phi) is 7.31. The predicted molar refractivity (Wildman–Crippen MR) is 156 cm³/mol. The number of nitro benzene ring substituents is 1. The van der Waals surface area contributed by atoms with E-state index in [-0.39, 0.29) is 17.8 Å². The number of aromatic nitrogens is 2. The first-order valence-electron chi connectivity index (χ1n) is 12.5.